The van der Waals surface area contributed by atoms with Gasteiger partial charge in [-0.2, -0.15) is 0 Å². The molecule has 3 aromatic carbocycles. The van der Waals surface area contributed by atoms with Crippen LogP contribution in [0.15, 0.2) is 103 Å². The van der Waals surface area contributed by atoms with E-state index in [4.69, 9.17) is 0 Å². The third-order valence-electron chi connectivity index (χ3n) is 6.06. The van der Waals surface area contributed by atoms with Crippen LogP contribution >= 0.6 is 0 Å². The molecule has 0 saturated carbocycles. The quantitative estimate of drug-likeness (QED) is 0.333. The predicted molar refractivity (Wildman–Crippen MR) is 134 cm³/mol. The van der Waals surface area contributed by atoms with Crippen molar-refractivity contribution in [2.75, 3.05) is 0 Å². The van der Waals surface area contributed by atoms with Crippen molar-refractivity contribution in [3.8, 4) is 34.0 Å². The lowest BCUT2D eigenvalue weighted by Gasteiger charge is -2.10. The van der Waals surface area contributed by atoms with Crippen LogP contribution in [-0.2, 0) is 0 Å². The molecule has 0 amide bonds. The Hall–Kier alpha value is -4.44. The Kier molecular flexibility index (Phi) is 4.44. The number of benzene rings is 3. The first kappa shape index (κ1) is 19.3. The minimum Gasteiger partial charge on any atom is -0.506 e. The van der Waals surface area contributed by atoms with Crippen molar-refractivity contribution < 1.29 is 5.11 Å². The largest absolute Gasteiger partial charge is 0.506 e. The van der Waals surface area contributed by atoms with Crippen molar-refractivity contribution in [1.29, 1.82) is 0 Å². The second-order valence-electron chi connectivity index (χ2n) is 8.23. The Morgan fingerprint density at radius 1 is 0.636 bits per heavy atom. The van der Waals surface area contributed by atoms with Crippen LogP contribution in [0.3, 0.4) is 0 Å². The summed E-state index contributed by atoms with van der Waals surface area (Å²) in [5, 5.41) is 12.7. The molecule has 6 aromatic rings. The van der Waals surface area contributed by atoms with Gasteiger partial charge in [0.05, 0.1) is 11.0 Å². The van der Waals surface area contributed by atoms with Crippen molar-refractivity contribution in [2.24, 2.45) is 0 Å². The summed E-state index contributed by atoms with van der Waals surface area (Å²) in [5.41, 5.74) is 7.03. The molecule has 0 aliphatic carbocycles. The minimum absolute atomic E-state index is 0.177. The molecule has 0 fully saturated rings. The molecule has 1 N–H and O–H groups in total. The summed E-state index contributed by atoms with van der Waals surface area (Å²) in [5.74, 6) is 1.08. The maximum absolute atomic E-state index is 10.3. The Morgan fingerprint density at radius 3 is 2.33 bits per heavy atom. The molecule has 0 aliphatic rings. The third-order valence-corrected chi connectivity index (χ3v) is 6.06. The summed E-state index contributed by atoms with van der Waals surface area (Å²) in [6.45, 7) is 2.09. The highest BCUT2D eigenvalue weighted by molar-refractivity contribution is 6.10. The Bertz CT molecular complexity index is 1650. The van der Waals surface area contributed by atoms with Crippen LogP contribution in [-0.4, -0.2) is 19.6 Å². The number of aromatic nitrogens is 3. The zero-order valence-corrected chi connectivity index (χ0v) is 18.1. The fourth-order valence-corrected chi connectivity index (χ4v) is 4.50. The van der Waals surface area contributed by atoms with Crippen molar-refractivity contribution in [3.63, 3.8) is 0 Å². The Balaban J connectivity index is 1.58. The summed E-state index contributed by atoms with van der Waals surface area (Å²) >= 11 is 0. The van der Waals surface area contributed by atoms with Gasteiger partial charge >= 0.3 is 0 Å². The molecule has 3 aromatic heterocycles. The van der Waals surface area contributed by atoms with Gasteiger partial charge in [0.15, 0.2) is 0 Å². The molecule has 0 atom stereocenters. The SMILES string of the molecule is Cc1ccnc(-n2c3ccccc3c3ccc(-c4cccc(-c5ncccc5O)c4)cc32)c1. The molecule has 0 aliphatic heterocycles. The number of para-hydroxylation sites is 1. The number of rotatable bonds is 3. The van der Waals surface area contributed by atoms with Gasteiger partial charge in [-0.15, -0.1) is 0 Å². The summed E-state index contributed by atoms with van der Waals surface area (Å²) in [6.07, 6.45) is 3.55. The van der Waals surface area contributed by atoms with Gasteiger partial charge in [-0.1, -0.05) is 48.5 Å². The van der Waals surface area contributed by atoms with Crippen molar-refractivity contribution in [1.82, 2.24) is 14.5 Å². The number of pyridine rings is 2. The molecule has 158 valence electrons. The minimum atomic E-state index is 0.177. The van der Waals surface area contributed by atoms with Crippen LogP contribution in [0, 0.1) is 6.92 Å². The van der Waals surface area contributed by atoms with Crippen molar-refractivity contribution in [2.45, 2.75) is 6.92 Å². The van der Waals surface area contributed by atoms with Gasteiger partial charge < -0.3 is 5.11 Å². The second kappa shape index (κ2) is 7.61. The van der Waals surface area contributed by atoms with Gasteiger partial charge in [0.2, 0.25) is 0 Å². The van der Waals surface area contributed by atoms with Gasteiger partial charge in [0.1, 0.15) is 17.3 Å². The smallest absolute Gasteiger partial charge is 0.141 e. The zero-order valence-electron chi connectivity index (χ0n) is 18.1. The normalized spacial score (nSPS) is 11.3. The van der Waals surface area contributed by atoms with E-state index in [1.807, 2.05) is 24.4 Å². The summed E-state index contributed by atoms with van der Waals surface area (Å²) in [7, 11) is 0. The average Bonchev–Trinajstić information content (AvgIpc) is 3.18. The van der Waals surface area contributed by atoms with Crippen molar-refractivity contribution in [3.05, 3.63) is 109 Å². The van der Waals surface area contributed by atoms with E-state index in [1.165, 1.54) is 16.3 Å². The van der Waals surface area contributed by atoms with E-state index in [0.29, 0.717) is 5.69 Å². The van der Waals surface area contributed by atoms with Crippen LogP contribution < -0.4 is 0 Å². The number of fused-ring (bicyclic) bond motifs is 3. The topological polar surface area (TPSA) is 50.9 Å². The van der Waals surface area contributed by atoms with Gasteiger partial charge in [-0.05, 0) is 66.1 Å². The first-order valence-corrected chi connectivity index (χ1v) is 10.9. The number of hydrogen-bond donors (Lipinski definition) is 1. The van der Waals surface area contributed by atoms with Crippen LogP contribution in [0.2, 0.25) is 0 Å². The summed E-state index contributed by atoms with van der Waals surface area (Å²) in [4.78, 5) is 9.04. The second-order valence-corrected chi connectivity index (χ2v) is 8.23. The number of aryl methyl sites for hydroxylation is 1. The molecule has 4 nitrogen and oxygen atoms in total. The Morgan fingerprint density at radius 2 is 1.45 bits per heavy atom. The third kappa shape index (κ3) is 3.24. The lowest BCUT2D eigenvalue weighted by Crippen LogP contribution is -1.97. The highest BCUT2D eigenvalue weighted by Gasteiger charge is 2.14. The summed E-state index contributed by atoms with van der Waals surface area (Å²) in [6, 6.07) is 30.7. The van der Waals surface area contributed by atoms with E-state index in [9.17, 15) is 5.11 Å². The van der Waals surface area contributed by atoms with E-state index in [-0.39, 0.29) is 5.75 Å². The molecule has 4 heteroatoms. The molecule has 0 unspecified atom stereocenters. The molecule has 0 radical (unpaired) electrons. The molecule has 33 heavy (non-hydrogen) atoms. The van der Waals surface area contributed by atoms with E-state index >= 15 is 0 Å². The molecule has 3 heterocycles. The van der Waals surface area contributed by atoms with Gasteiger partial charge in [0, 0.05) is 28.7 Å². The fraction of sp³-hybridized carbons (Fsp3) is 0.0345. The fourth-order valence-electron chi connectivity index (χ4n) is 4.50. The van der Waals surface area contributed by atoms with Gasteiger partial charge in [-0.25, -0.2) is 4.98 Å². The molecule has 0 spiro atoms. The van der Waals surface area contributed by atoms with E-state index in [1.54, 1.807) is 18.3 Å². The lowest BCUT2D eigenvalue weighted by atomic mass is 10.00. The van der Waals surface area contributed by atoms with E-state index in [2.05, 4.69) is 82.1 Å². The first-order valence-electron chi connectivity index (χ1n) is 10.9. The standard InChI is InChI=1S/C29H21N3O/c1-19-13-15-30-28(16-19)32-25-9-3-2-8-23(25)24-12-11-21(18-26(24)32)20-6-4-7-22(17-20)29-27(33)10-5-14-31-29/h2-18,33H,1H3. The Labute approximate surface area is 191 Å². The van der Waals surface area contributed by atoms with Gasteiger partial charge in [0.25, 0.3) is 0 Å². The highest BCUT2D eigenvalue weighted by Crippen LogP contribution is 2.35. The molecule has 0 saturated heterocycles. The highest BCUT2D eigenvalue weighted by atomic mass is 16.3. The molecule has 0 bridgehead atoms. The van der Waals surface area contributed by atoms with E-state index < -0.39 is 0 Å². The van der Waals surface area contributed by atoms with Crippen LogP contribution in [0.5, 0.6) is 5.75 Å². The maximum Gasteiger partial charge on any atom is 0.141 e. The number of hydrogen-bond acceptors (Lipinski definition) is 3. The van der Waals surface area contributed by atoms with Crippen LogP contribution in [0.25, 0.3) is 50.0 Å². The number of nitrogens with zero attached hydrogens (tertiary/aromatic N) is 3. The monoisotopic (exact) mass is 427 g/mol. The number of aromatic hydroxyl groups is 1. The average molecular weight is 428 g/mol. The van der Waals surface area contributed by atoms with Gasteiger partial charge in [-0.3, -0.25) is 9.55 Å². The maximum atomic E-state index is 10.3. The zero-order chi connectivity index (χ0) is 22.4. The lowest BCUT2D eigenvalue weighted by molar-refractivity contribution is 0.475. The molecule has 6 rings (SSSR count). The first-order chi connectivity index (χ1) is 16.2. The predicted octanol–water partition coefficient (Wildman–Crippen LogP) is 6.92. The van der Waals surface area contributed by atoms with Crippen molar-refractivity contribution >= 4 is 21.8 Å². The van der Waals surface area contributed by atoms with E-state index in [0.717, 1.165) is 33.5 Å². The van der Waals surface area contributed by atoms with Crippen LogP contribution in [0.1, 0.15) is 5.56 Å². The summed E-state index contributed by atoms with van der Waals surface area (Å²) < 4.78 is 2.23. The molecular weight excluding hydrogens is 406 g/mol. The van der Waals surface area contributed by atoms with Crippen LogP contribution in [0.4, 0.5) is 0 Å². The molecular formula is C29H21N3O.